The van der Waals surface area contributed by atoms with Crippen molar-refractivity contribution in [1.82, 2.24) is 29.9 Å². The second kappa shape index (κ2) is 8.33. The minimum absolute atomic E-state index is 0.148. The maximum absolute atomic E-state index is 13.4. The van der Waals surface area contributed by atoms with Crippen LogP contribution in [0.1, 0.15) is 39.3 Å². The monoisotopic (exact) mass is 469 g/mol. The van der Waals surface area contributed by atoms with Crippen LogP contribution in [0.3, 0.4) is 0 Å². The Morgan fingerprint density at radius 3 is 2.54 bits per heavy atom. The van der Waals surface area contributed by atoms with Gasteiger partial charge in [0.2, 0.25) is 5.43 Å². The van der Waals surface area contributed by atoms with Crippen LogP contribution in [0.25, 0.3) is 16.7 Å². The number of aryl methyl sites for hydroxylation is 4. The highest BCUT2D eigenvalue weighted by molar-refractivity contribution is 5.97. The number of rotatable bonds is 3. The van der Waals surface area contributed by atoms with Crippen molar-refractivity contribution < 1.29 is 4.79 Å². The van der Waals surface area contributed by atoms with Crippen LogP contribution in [0.15, 0.2) is 41.3 Å². The maximum Gasteiger partial charge on any atom is 0.259 e. The van der Waals surface area contributed by atoms with Gasteiger partial charge in [-0.1, -0.05) is 17.7 Å². The lowest BCUT2D eigenvalue weighted by Crippen LogP contribution is -2.49. The van der Waals surface area contributed by atoms with Crippen LogP contribution in [0, 0.1) is 13.8 Å². The molecule has 0 atom stereocenters. The molecule has 1 fully saturated rings. The summed E-state index contributed by atoms with van der Waals surface area (Å²) >= 11 is 0. The van der Waals surface area contributed by atoms with E-state index in [0.29, 0.717) is 42.9 Å². The molecule has 1 aliphatic carbocycles. The van der Waals surface area contributed by atoms with Crippen molar-refractivity contribution >= 4 is 22.8 Å². The van der Waals surface area contributed by atoms with Gasteiger partial charge in [-0.25, -0.2) is 4.68 Å². The number of carbonyl (C=O) groups is 1. The lowest BCUT2D eigenvalue weighted by Gasteiger charge is -2.35. The summed E-state index contributed by atoms with van der Waals surface area (Å²) in [5.74, 6) is 0.617. The van der Waals surface area contributed by atoms with E-state index in [4.69, 9.17) is 0 Å². The molecule has 4 heterocycles. The lowest BCUT2D eigenvalue weighted by atomic mass is 10.1. The Hall–Kier alpha value is -4.01. The molecule has 0 saturated carbocycles. The molecule has 2 aliphatic rings. The van der Waals surface area contributed by atoms with Gasteiger partial charge in [0.25, 0.3) is 5.91 Å². The molecule has 1 aromatic carbocycles. The summed E-state index contributed by atoms with van der Waals surface area (Å²) in [6.07, 6.45) is 4.73. The first-order valence-electron chi connectivity index (χ1n) is 12.1. The van der Waals surface area contributed by atoms with Crippen LogP contribution >= 0.6 is 0 Å². The standard InChI is InChI=1S/C26H27N7O2/c1-16-6-8-19(9-7-16)33-25-23(17(2)30-33)24(34)20(15-27-25)26(35)32-12-10-31(11-13-32)22-14-18-4-3-5-21(18)28-29-22/h6-9,14-15H,3-5,10-13H2,1-2H3,(H,27,34). The molecule has 35 heavy (non-hydrogen) atoms. The molecule has 0 radical (unpaired) electrons. The molecule has 0 unspecified atom stereocenters. The number of carbonyl (C=O) groups excluding carboxylic acids is 1. The molecule has 1 aliphatic heterocycles. The van der Waals surface area contributed by atoms with Gasteiger partial charge in [-0.2, -0.15) is 10.2 Å². The van der Waals surface area contributed by atoms with Crippen LogP contribution in [-0.2, 0) is 12.8 Å². The summed E-state index contributed by atoms with van der Waals surface area (Å²) < 4.78 is 1.72. The van der Waals surface area contributed by atoms with Crippen molar-refractivity contribution in [3.05, 3.63) is 74.8 Å². The number of nitrogens with zero attached hydrogens (tertiary/aromatic N) is 6. The van der Waals surface area contributed by atoms with Crippen LogP contribution in [0.2, 0.25) is 0 Å². The summed E-state index contributed by atoms with van der Waals surface area (Å²) in [7, 11) is 0. The fourth-order valence-electron chi connectivity index (χ4n) is 5.09. The Labute approximate surface area is 202 Å². The Bertz CT molecular complexity index is 1490. The Morgan fingerprint density at radius 1 is 1.00 bits per heavy atom. The Kier molecular flexibility index (Phi) is 5.12. The third-order valence-electron chi connectivity index (χ3n) is 7.09. The zero-order valence-electron chi connectivity index (χ0n) is 19.9. The van der Waals surface area contributed by atoms with E-state index in [0.717, 1.165) is 42.0 Å². The predicted molar refractivity (Wildman–Crippen MR) is 133 cm³/mol. The summed E-state index contributed by atoms with van der Waals surface area (Å²) in [5.41, 5.74) is 5.44. The first-order valence-corrected chi connectivity index (χ1v) is 12.1. The largest absolute Gasteiger partial charge is 0.352 e. The molecule has 9 heteroatoms. The number of fused-ring (bicyclic) bond motifs is 2. The smallest absolute Gasteiger partial charge is 0.259 e. The molecule has 9 nitrogen and oxygen atoms in total. The minimum Gasteiger partial charge on any atom is -0.352 e. The molecular weight excluding hydrogens is 442 g/mol. The Morgan fingerprint density at radius 2 is 1.77 bits per heavy atom. The average molecular weight is 470 g/mol. The molecule has 3 aromatic heterocycles. The van der Waals surface area contributed by atoms with Gasteiger partial charge in [0.05, 0.1) is 22.5 Å². The topological polar surface area (TPSA) is 100 Å². The fraction of sp³-hybridized carbons (Fsp3) is 0.346. The summed E-state index contributed by atoms with van der Waals surface area (Å²) in [6.45, 7) is 6.18. The van der Waals surface area contributed by atoms with Crippen molar-refractivity contribution in [2.24, 2.45) is 0 Å². The van der Waals surface area contributed by atoms with Crippen molar-refractivity contribution in [3.8, 4) is 5.69 Å². The number of aromatic nitrogens is 5. The van der Waals surface area contributed by atoms with E-state index in [1.165, 1.54) is 11.8 Å². The van der Waals surface area contributed by atoms with Gasteiger partial charge < -0.3 is 14.8 Å². The van der Waals surface area contributed by atoms with Gasteiger partial charge in [0.1, 0.15) is 11.2 Å². The van der Waals surface area contributed by atoms with E-state index in [1.807, 2.05) is 31.2 Å². The predicted octanol–water partition coefficient (Wildman–Crippen LogP) is 2.57. The highest BCUT2D eigenvalue weighted by Crippen LogP contribution is 2.24. The van der Waals surface area contributed by atoms with E-state index >= 15 is 0 Å². The maximum atomic E-state index is 13.4. The highest BCUT2D eigenvalue weighted by Gasteiger charge is 2.27. The SMILES string of the molecule is Cc1ccc(-n2nc(C)c3c(=O)c(C(=O)N4CCN(c5cc6c(nn5)CCC6)CC4)c[nH]c32)cc1. The molecule has 0 bridgehead atoms. The summed E-state index contributed by atoms with van der Waals surface area (Å²) in [4.78, 5) is 33.8. The molecule has 1 N–H and O–H groups in total. The van der Waals surface area contributed by atoms with Gasteiger partial charge in [0.15, 0.2) is 5.82 Å². The second-order valence-corrected chi connectivity index (χ2v) is 9.40. The van der Waals surface area contributed by atoms with Gasteiger partial charge >= 0.3 is 0 Å². The number of pyridine rings is 1. The molecule has 0 spiro atoms. The molecule has 4 aromatic rings. The number of hydrogen-bond acceptors (Lipinski definition) is 6. The van der Waals surface area contributed by atoms with E-state index < -0.39 is 0 Å². The molecule has 6 rings (SSSR count). The van der Waals surface area contributed by atoms with E-state index in [1.54, 1.807) is 16.5 Å². The number of benzene rings is 1. The molecule has 178 valence electrons. The van der Waals surface area contributed by atoms with Crippen LogP contribution in [0.5, 0.6) is 0 Å². The zero-order chi connectivity index (χ0) is 24.1. The van der Waals surface area contributed by atoms with Crippen molar-refractivity contribution in [2.75, 3.05) is 31.1 Å². The number of H-pyrrole nitrogens is 1. The second-order valence-electron chi connectivity index (χ2n) is 9.40. The van der Waals surface area contributed by atoms with Crippen molar-refractivity contribution in [3.63, 3.8) is 0 Å². The van der Waals surface area contributed by atoms with Gasteiger partial charge in [-0.15, -0.1) is 5.10 Å². The summed E-state index contributed by atoms with van der Waals surface area (Å²) in [6, 6.07) is 10.1. The van der Waals surface area contributed by atoms with Crippen LogP contribution in [0.4, 0.5) is 5.82 Å². The third-order valence-corrected chi connectivity index (χ3v) is 7.09. The minimum atomic E-state index is -0.286. The first kappa shape index (κ1) is 21.5. The molecule has 1 saturated heterocycles. The summed E-state index contributed by atoms with van der Waals surface area (Å²) in [5, 5.41) is 13.8. The van der Waals surface area contributed by atoms with Crippen molar-refractivity contribution in [1.29, 1.82) is 0 Å². The van der Waals surface area contributed by atoms with E-state index in [9.17, 15) is 9.59 Å². The number of anilines is 1. The zero-order valence-corrected chi connectivity index (χ0v) is 19.9. The Balaban J connectivity index is 1.23. The number of piperazine rings is 1. The fourth-order valence-corrected chi connectivity index (χ4v) is 5.09. The van der Waals surface area contributed by atoms with Gasteiger partial charge in [-0.05, 0) is 56.9 Å². The van der Waals surface area contributed by atoms with Crippen molar-refractivity contribution in [2.45, 2.75) is 33.1 Å². The number of nitrogens with one attached hydrogen (secondary N) is 1. The normalized spacial score (nSPS) is 15.6. The van der Waals surface area contributed by atoms with Crippen LogP contribution < -0.4 is 10.3 Å². The quantitative estimate of drug-likeness (QED) is 0.495. The number of amides is 1. The third kappa shape index (κ3) is 3.67. The van der Waals surface area contributed by atoms with E-state index in [2.05, 4.69) is 31.2 Å². The molecular formula is C26H27N7O2. The first-order chi connectivity index (χ1) is 17.0. The average Bonchev–Trinajstić information content (AvgIpc) is 3.48. The number of hydrogen-bond donors (Lipinski definition) is 1. The molecule has 1 amide bonds. The van der Waals surface area contributed by atoms with Gasteiger partial charge in [-0.3, -0.25) is 9.59 Å². The lowest BCUT2D eigenvalue weighted by molar-refractivity contribution is 0.0745. The number of aromatic amines is 1. The van der Waals surface area contributed by atoms with Gasteiger partial charge in [0, 0.05) is 32.4 Å². The van der Waals surface area contributed by atoms with E-state index in [-0.39, 0.29) is 16.9 Å². The highest BCUT2D eigenvalue weighted by atomic mass is 16.2. The van der Waals surface area contributed by atoms with Crippen LogP contribution in [-0.4, -0.2) is 61.9 Å².